The Kier molecular flexibility index (Phi) is 8.30. The Labute approximate surface area is 161 Å². The summed E-state index contributed by atoms with van der Waals surface area (Å²) in [4.78, 5) is 24.1. The molecule has 1 atom stereocenters. The van der Waals surface area contributed by atoms with Crippen molar-refractivity contribution < 1.29 is 27.5 Å². The molecule has 27 heavy (non-hydrogen) atoms. The summed E-state index contributed by atoms with van der Waals surface area (Å²) in [5, 5.41) is 2.48. The molecule has 1 aromatic rings. The molecule has 10 heteroatoms. The van der Waals surface area contributed by atoms with Gasteiger partial charge in [0, 0.05) is 13.6 Å². The zero-order valence-electron chi connectivity index (χ0n) is 16.0. The van der Waals surface area contributed by atoms with Crippen molar-refractivity contribution in [2.45, 2.75) is 45.4 Å². The lowest BCUT2D eigenvalue weighted by Crippen LogP contribution is -2.46. The molecule has 0 aliphatic heterocycles. The van der Waals surface area contributed by atoms with E-state index in [4.69, 9.17) is 16.6 Å². The van der Waals surface area contributed by atoms with Gasteiger partial charge in [-0.15, -0.1) is 0 Å². The van der Waals surface area contributed by atoms with Gasteiger partial charge in [-0.1, -0.05) is 30.3 Å². The first-order valence-corrected chi connectivity index (χ1v) is 9.83. The Morgan fingerprint density at radius 1 is 1.22 bits per heavy atom. The van der Waals surface area contributed by atoms with Crippen LogP contribution in [0.3, 0.4) is 0 Å². The Hall–Kier alpha value is -2.07. The van der Waals surface area contributed by atoms with Gasteiger partial charge in [-0.2, -0.15) is 0 Å². The summed E-state index contributed by atoms with van der Waals surface area (Å²) in [5.74, 6) is -0.751. The highest BCUT2D eigenvalue weighted by molar-refractivity contribution is 8.10. The van der Waals surface area contributed by atoms with Gasteiger partial charge in [0.15, 0.2) is 9.87 Å². The molecule has 0 aromatic heterocycles. The van der Waals surface area contributed by atoms with Gasteiger partial charge in [0.1, 0.15) is 18.2 Å². The third-order valence-electron chi connectivity index (χ3n) is 3.42. The Morgan fingerprint density at radius 2 is 1.81 bits per heavy atom. The lowest BCUT2D eigenvalue weighted by atomic mass is 10.1. The van der Waals surface area contributed by atoms with Crippen LogP contribution in [0.15, 0.2) is 30.3 Å². The van der Waals surface area contributed by atoms with Crippen LogP contribution in [0.4, 0.5) is 4.79 Å². The number of benzene rings is 1. The van der Waals surface area contributed by atoms with Gasteiger partial charge in [0.25, 0.3) is 7.12 Å². The number of amides is 1. The van der Waals surface area contributed by atoms with Gasteiger partial charge in [-0.05, 0) is 32.8 Å². The number of ether oxygens (including phenoxy) is 2. The molecule has 0 fully saturated rings. The van der Waals surface area contributed by atoms with E-state index in [1.165, 1.54) is 7.05 Å². The van der Waals surface area contributed by atoms with E-state index in [9.17, 15) is 18.0 Å². The number of hydrogen-bond acceptors (Lipinski definition) is 6. The van der Waals surface area contributed by atoms with Crippen molar-refractivity contribution in [2.24, 2.45) is 0 Å². The smallest absolute Gasteiger partial charge is 0.407 e. The SMILES string of the molecule is [B]S(=O)(=O)N(C)[C@H](CCNC(=O)OCc1ccccc1)C(=O)OC(C)(C)C. The predicted molar refractivity (Wildman–Crippen MR) is 101 cm³/mol. The summed E-state index contributed by atoms with van der Waals surface area (Å²) in [6.07, 6.45) is -0.706. The molecule has 0 saturated heterocycles. The van der Waals surface area contributed by atoms with E-state index in [0.29, 0.717) is 0 Å². The number of nitrogens with zero attached hydrogens (tertiary/aromatic N) is 1. The van der Waals surface area contributed by atoms with Crippen LogP contribution in [0.2, 0.25) is 0 Å². The fourth-order valence-electron chi connectivity index (χ4n) is 2.08. The third-order valence-corrected chi connectivity index (χ3v) is 4.48. The molecule has 1 amide bonds. The number of carbonyl (C=O) groups is 2. The van der Waals surface area contributed by atoms with Crippen molar-refractivity contribution in [1.82, 2.24) is 9.62 Å². The van der Waals surface area contributed by atoms with Crippen LogP contribution in [0.1, 0.15) is 32.8 Å². The fourth-order valence-corrected chi connectivity index (χ4v) is 2.63. The van der Waals surface area contributed by atoms with E-state index in [1.807, 2.05) is 30.3 Å². The number of carbonyl (C=O) groups excluding carboxylic acids is 2. The third kappa shape index (κ3) is 8.92. The molecule has 2 radical (unpaired) electrons. The highest BCUT2D eigenvalue weighted by atomic mass is 32.2. The predicted octanol–water partition coefficient (Wildman–Crippen LogP) is 1.36. The summed E-state index contributed by atoms with van der Waals surface area (Å²) in [5.41, 5.74) is 0.0320. The average Bonchev–Trinajstić information content (AvgIpc) is 2.54. The number of alkyl carbamates (subject to hydrolysis) is 1. The number of hydrogen-bond donors (Lipinski definition) is 1. The summed E-state index contributed by atoms with van der Waals surface area (Å²) >= 11 is 0. The lowest BCUT2D eigenvalue weighted by molar-refractivity contribution is -0.159. The molecule has 0 spiro atoms. The summed E-state index contributed by atoms with van der Waals surface area (Å²) in [7, 11) is 2.17. The first-order valence-electron chi connectivity index (χ1n) is 8.33. The van der Waals surface area contributed by atoms with Crippen molar-refractivity contribution in [3.8, 4) is 0 Å². The van der Waals surface area contributed by atoms with Crippen molar-refractivity contribution in [2.75, 3.05) is 13.6 Å². The van der Waals surface area contributed by atoms with E-state index in [0.717, 1.165) is 9.87 Å². The number of likely N-dealkylation sites (N-methyl/N-ethyl adjacent to an activating group) is 1. The number of esters is 1. The molecule has 0 bridgehead atoms. The average molecular weight is 396 g/mol. The van der Waals surface area contributed by atoms with Crippen molar-refractivity contribution in [3.63, 3.8) is 0 Å². The second-order valence-electron chi connectivity index (χ2n) is 6.89. The largest absolute Gasteiger partial charge is 0.459 e. The molecule has 8 nitrogen and oxygen atoms in total. The van der Waals surface area contributed by atoms with Gasteiger partial charge < -0.3 is 14.8 Å². The topological polar surface area (TPSA) is 102 Å². The normalized spacial score (nSPS) is 13.1. The quantitative estimate of drug-likeness (QED) is 0.526. The van der Waals surface area contributed by atoms with Gasteiger partial charge in [-0.3, -0.25) is 4.79 Å². The first-order chi connectivity index (χ1) is 12.4. The van der Waals surface area contributed by atoms with Gasteiger partial charge in [0.2, 0.25) is 0 Å². The Bertz CT molecular complexity index is 734. The summed E-state index contributed by atoms with van der Waals surface area (Å²) in [6.45, 7) is 5.09. The zero-order valence-corrected chi connectivity index (χ0v) is 16.8. The van der Waals surface area contributed by atoms with Crippen LogP contribution in [0.25, 0.3) is 0 Å². The minimum Gasteiger partial charge on any atom is -0.459 e. The molecule has 0 heterocycles. The maximum atomic E-state index is 12.3. The summed E-state index contributed by atoms with van der Waals surface area (Å²) in [6, 6.07) is 7.95. The molecule has 1 N–H and O–H groups in total. The van der Waals surface area contributed by atoms with E-state index >= 15 is 0 Å². The second-order valence-corrected chi connectivity index (χ2v) is 8.49. The van der Waals surface area contributed by atoms with Crippen molar-refractivity contribution in [3.05, 3.63) is 35.9 Å². The van der Waals surface area contributed by atoms with Crippen LogP contribution < -0.4 is 5.32 Å². The number of rotatable bonds is 8. The second kappa shape index (κ2) is 9.75. The molecule has 0 saturated carbocycles. The van der Waals surface area contributed by atoms with Crippen LogP contribution in [0, 0.1) is 0 Å². The highest BCUT2D eigenvalue weighted by Crippen LogP contribution is 2.14. The molecule has 1 aromatic carbocycles. The van der Waals surface area contributed by atoms with E-state index in [1.54, 1.807) is 20.8 Å². The monoisotopic (exact) mass is 396 g/mol. The summed E-state index contributed by atoms with van der Waals surface area (Å²) < 4.78 is 34.2. The van der Waals surface area contributed by atoms with Crippen LogP contribution in [-0.2, 0) is 30.7 Å². The minimum absolute atomic E-state index is 0.00259. The standard InChI is InChI=1S/C17H25BN2O6S/c1-17(2,3)26-15(21)14(20(4)27(18,23)24)10-11-19-16(22)25-12-13-8-6-5-7-9-13/h5-9,14H,10-12H2,1-4H3,(H,19,22)/t14-/m1/s1. The van der Waals surface area contributed by atoms with Gasteiger partial charge in [0.05, 0.1) is 0 Å². The first kappa shape index (κ1) is 23.0. The fraction of sp³-hybridized carbons (Fsp3) is 0.529. The number of nitrogens with one attached hydrogen (secondary N) is 1. The van der Waals surface area contributed by atoms with Crippen LogP contribution >= 0.6 is 0 Å². The molecule has 148 valence electrons. The maximum Gasteiger partial charge on any atom is 0.407 e. The molecule has 1 rings (SSSR count). The van der Waals surface area contributed by atoms with Gasteiger partial charge in [-0.25, -0.2) is 17.5 Å². The van der Waals surface area contributed by atoms with E-state index in [2.05, 4.69) is 5.32 Å². The Balaban J connectivity index is 2.60. The van der Waals surface area contributed by atoms with Crippen LogP contribution in [0.5, 0.6) is 0 Å². The minimum atomic E-state index is -4.11. The highest BCUT2D eigenvalue weighted by Gasteiger charge is 2.32. The maximum absolute atomic E-state index is 12.3. The van der Waals surface area contributed by atoms with Crippen LogP contribution in [-0.4, -0.2) is 57.1 Å². The zero-order chi connectivity index (χ0) is 20.7. The van der Waals surface area contributed by atoms with E-state index < -0.39 is 33.6 Å². The molecular weight excluding hydrogens is 371 g/mol. The van der Waals surface area contributed by atoms with Crippen molar-refractivity contribution >= 4 is 29.1 Å². The lowest BCUT2D eigenvalue weighted by Gasteiger charge is -2.28. The van der Waals surface area contributed by atoms with E-state index in [-0.39, 0.29) is 19.6 Å². The molecule has 0 aliphatic rings. The molecule has 0 aliphatic carbocycles. The van der Waals surface area contributed by atoms with Crippen molar-refractivity contribution in [1.29, 1.82) is 0 Å². The molecule has 0 unspecified atom stereocenters. The molecular formula is C17H25BN2O6S. The Morgan fingerprint density at radius 3 is 2.33 bits per heavy atom. The van der Waals surface area contributed by atoms with Gasteiger partial charge >= 0.3 is 12.1 Å².